The normalized spacial score (nSPS) is 8.00. The van der Waals surface area contributed by atoms with Crippen LogP contribution in [0, 0.1) is 0 Å². The van der Waals surface area contributed by atoms with Gasteiger partial charge in [-0.15, -0.1) is 0 Å². The minimum Gasteiger partial charge on any atom is -0.545 e. The van der Waals surface area contributed by atoms with Gasteiger partial charge in [-0.05, 0) is 6.07 Å². The van der Waals surface area contributed by atoms with Crippen molar-refractivity contribution in [3.63, 3.8) is 0 Å². The molecule has 7 heteroatoms. The van der Waals surface area contributed by atoms with Crippen LogP contribution in [0.5, 0.6) is 0 Å². The van der Waals surface area contributed by atoms with E-state index in [4.69, 9.17) is 0 Å². The first-order valence-corrected chi connectivity index (χ1v) is 2.63. The molecule has 0 fully saturated rings. The molecular weight excluding hydrogens is 230 g/mol. The van der Waals surface area contributed by atoms with Crippen molar-refractivity contribution in [3.05, 3.63) is 23.7 Å². The van der Waals surface area contributed by atoms with Gasteiger partial charge in [-0.2, -0.15) is 0 Å². The maximum Gasteiger partial charge on any atom is 1.00 e. The van der Waals surface area contributed by atoms with Gasteiger partial charge in [0.25, 0.3) is 0 Å². The molecule has 0 atom stereocenters. The first-order chi connectivity index (χ1) is 5.13. The standard InChI is InChI=1S/C6H4O5.2K/c7-5(8)3-1-2-11-4(3)6(9)10;;/h1-2H,(H,7,8)(H,9,10);;/q;2*+1/p-2. The van der Waals surface area contributed by atoms with Crippen molar-refractivity contribution in [2.45, 2.75) is 0 Å². The summed E-state index contributed by atoms with van der Waals surface area (Å²) in [5.74, 6) is -3.99. The molecule has 1 heterocycles. The molecule has 1 aromatic rings. The summed E-state index contributed by atoms with van der Waals surface area (Å²) in [5, 5.41) is 20.2. The molecule has 1 aromatic heterocycles. The number of carboxylic acids is 2. The van der Waals surface area contributed by atoms with E-state index in [1.54, 1.807) is 0 Å². The Balaban J connectivity index is 0. The summed E-state index contributed by atoms with van der Waals surface area (Å²) in [5.41, 5.74) is -0.509. The largest absolute Gasteiger partial charge is 1.00 e. The van der Waals surface area contributed by atoms with Crippen LogP contribution in [0.2, 0.25) is 0 Å². The van der Waals surface area contributed by atoms with E-state index in [-0.39, 0.29) is 103 Å². The van der Waals surface area contributed by atoms with E-state index in [2.05, 4.69) is 4.42 Å². The van der Waals surface area contributed by atoms with Crippen LogP contribution in [0.3, 0.4) is 0 Å². The zero-order chi connectivity index (χ0) is 8.43. The van der Waals surface area contributed by atoms with E-state index >= 15 is 0 Å². The molecule has 0 saturated carbocycles. The molecule has 13 heavy (non-hydrogen) atoms. The Morgan fingerprint density at radius 2 is 1.69 bits per heavy atom. The second-order valence-corrected chi connectivity index (χ2v) is 1.74. The van der Waals surface area contributed by atoms with E-state index in [1.807, 2.05) is 0 Å². The first kappa shape index (κ1) is 16.9. The van der Waals surface area contributed by atoms with Crippen molar-refractivity contribution < 1.29 is 127 Å². The maximum absolute atomic E-state index is 10.1. The summed E-state index contributed by atoms with van der Waals surface area (Å²) in [4.78, 5) is 20.2. The van der Waals surface area contributed by atoms with Gasteiger partial charge in [0.05, 0.1) is 12.2 Å². The average Bonchev–Trinajstić information content (AvgIpc) is 2.32. The van der Waals surface area contributed by atoms with Gasteiger partial charge < -0.3 is 24.2 Å². The van der Waals surface area contributed by atoms with Crippen LogP contribution in [0.4, 0.5) is 0 Å². The smallest absolute Gasteiger partial charge is 0.545 e. The number of aromatic carboxylic acids is 2. The fourth-order valence-corrected chi connectivity index (χ4v) is 0.628. The molecule has 0 aliphatic rings. The Hall–Kier alpha value is 1.49. The molecule has 0 N–H and O–H groups in total. The molecule has 0 spiro atoms. The summed E-state index contributed by atoms with van der Waals surface area (Å²) < 4.78 is 4.30. The summed E-state index contributed by atoms with van der Waals surface area (Å²) in [7, 11) is 0. The van der Waals surface area contributed by atoms with E-state index in [0.717, 1.165) is 12.3 Å². The van der Waals surface area contributed by atoms with Gasteiger partial charge in [0.2, 0.25) is 0 Å². The van der Waals surface area contributed by atoms with E-state index in [0.29, 0.717) is 0 Å². The van der Waals surface area contributed by atoms with Crippen LogP contribution in [0.25, 0.3) is 0 Å². The first-order valence-electron chi connectivity index (χ1n) is 2.63. The molecule has 0 aliphatic heterocycles. The van der Waals surface area contributed by atoms with Crippen LogP contribution in [0.15, 0.2) is 16.7 Å². The van der Waals surface area contributed by atoms with Gasteiger partial charge in [-0.25, -0.2) is 0 Å². The van der Waals surface area contributed by atoms with Crippen LogP contribution in [-0.2, 0) is 0 Å². The van der Waals surface area contributed by atoms with Gasteiger partial charge in [-0.3, -0.25) is 0 Å². The van der Waals surface area contributed by atoms with Crippen molar-refractivity contribution in [3.8, 4) is 0 Å². The number of carboxylic acid groups (broad SMARTS) is 2. The molecule has 0 aliphatic carbocycles. The minimum atomic E-state index is -1.67. The number of hydrogen-bond acceptors (Lipinski definition) is 5. The van der Waals surface area contributed by atoms with Gasteiger partial charge in [0.15, 0.2) is 5.76 Å². The Kier molecular flexibility index (Phi) is 10.1. The van der Waals surface area contributed by atoms with Crippen molar-refractivity contribution in [1.82, 2.24) is 0 Å². The molecule has 0 saturated heterocycles. The molecule has 5 nitrogen and oxygen atoms in total. The Labute approximate surface area is 159 Å². The van der Waals surface area contributed by atoms with E-state index in [9.17, 15) is 19.8 Å². The van der Waals surface area contributed by atoms with Gasteiger partial charge in [0.1, 0.15) is 5.97 Å². The second kappa shape index (κ2) is 7.74. The zero-order valence-corrected chi connectivity index (χ0v) is 13.4. The van der Waals surface area contributed by atoms with Crippen LogP contribution < -0.4 is 113 Å². The summed E-state index contributed by atoms with van der Waals surface area (Å²) >= 11 is 0. The summed E-state index contributed by atoms with van der Waals surface area (Å²) in [6.07, 6.45) is 0.941. The predicted molar refractivity (Wildman–Crippen MR) is 27.4 cm³/mol. The number of carbonyl (C=O) groups excluding carboxylic acids is 2. The summed E-state index contributed by atoms with van der Waals surface area (Å²) in [6.45, 7) is 0. The molecule has 1 rings (SSSR count). The topological polar surface area (TPSA) is 93.4 Å². The third kappa shape index (κ3) is 4.69. The molecule has 0 bridgehead atoms. The van der Waals surface area contributed by atoms with Crippen molar-refractivity contribution in [2.24, 2.45) is 0 Å². The predicted octanol–water partition coefficient (Wildman–Crippen LogP) is -7.99. The molecule has 0 unspecified atom stereocenters. The van der Waals surface area contributed by atoms with Crippen molar-refractivity contribution >= 4 is 11.9 Å². The fourth-order valence-electron chi connectivity index (χ4n) is 0.628. The van der Waals surface area contributed by atoms with Crippen molar-refractivity contribution in [1.29, 1.82) is 0 Å². The van der Waals surface area contributed by atoms with Crippen molar-refractivity contribution in [2.75, 3.05) is 0 Å². The van der Waals surface area contributed by atoms with Crippen LogP contribution in [0.1, 0.15) is 20.9 Å². The SMILES string of the molecule is O=C([O-])c1ccoc1C(=O)[O-].[K+].[K+]. The molecule has 0 amide bonds. The zero-order valence-electron chi connectivity index (χ0n) is 7.20. The molecular formula is C6H2K2O5. The third-order valence-corrected chi connectivity index (χ3v) is 1.07. The summed E-state index contributed by atoms with van der Waals surface area (Å²) in [6, 6.07) is 0.987. The van der Waals surface area contributed by atoms with Gasteiger partial charge in [0, 0.05) is 5.56 Å². The quantitative estimate of drug-likeness (QED) is 0.472. The fraction of sp³-hybridized carbons (Fsp3) is 0. The van der Waals surface area contributed by atoms with Gasteiger partial charge in [-0.1, -0.05) is 0 Å². The number of furan rings is 1. The molecule has 0 radical (unpaired) electrons. The van der Waals surface area contributed by atoms with Gasteiger partial charge >= 0.3 is 103 Å². The maximum atomic E-state index is 10.1. The molecule has 58 valence electrons. The Bertz CT molecular complexity index is 277. The van der Waals surface area contributed by atoms with Crippen LogP contribution >= 0.6 is 0 Å². The molecule has 0 aromatic carbocycles. The number of rotatable bonds is 2. The number of carbonyl (C=O) groups is 2. The second-order valence-electron chi connectivity index (χ2n) is 1.74. The monoisotopic (exact) mass is 232 g/mol. The van der Waals surface area contributed by atoms with E-state index in [1.165, 1.54) is 0 Å². The third-order valence-electron chi connectivity index (χ3n) is 1.07. The van der Waals surface area contributed by atoms with Crippen LogP contribution in [-0.4, -0.2) is 11.9 Å². The Morgan fingerprint density at radius 1 is 1.15 bits per heavy atom. The number of hydrogen-bond donors (Lipinski definition) is 0. The Morgan fingerprint density at radius 3 is 2.00 bits per heavy atom. The minimum absolute atomic E-state index is 0. The average molecular weight is 232 g/mol. The van der Waals surface area contributed by atoms with E-state index < -0.39 is 23.3 Å².